The molecule has 0 spiro atoms. The lowest BCUT2D eigenvalue weighted by molar-refractivity contribution is -0.147. The number of amides is 1. The first-order chi connectivity index (χ1) is 16.8. The minimum Gasteiger partial charge on any atom is -0.495 e. The number of nitrogens with zero attached hydrogens (tertiary/aromatic N) is 3. The lowest BCUT2D eigenvalue weighted by Gasteiger charge is -2.14. The highest BCUT2D eigenvalue weighted by Gasteiger charge is 2.12. The average molecular weight is 502 g/mol. The van der Waals surface area contributed by atoms with Crippen LogP contribution < -0.4 is 15.4 Å². The van der Waals surface area contributed by atoms with Gasteiger partial charge >= 0.3 is 5.97 Å². The molecule has 2 N–H and O–H groups in total. The summed E-state index contributed by atoms with van der Waals surface area (Å²) in [5.41, 5.74) is 1.84. The molecule has 3 rings (SSSR count). The number of fused-ring (bicyclic) bond motifs is 1. The van der Waals surface area contributed by atoms with Gasteiger partial charge in [-0.3, -0.25) is 9.59 Å². The molecular formula is C24H25ClFN5O4. The van der Waals surface area contributed by atoms with E-state index in [0.29, 0.717) is 40.4 Å². The molecule has 35 heavy (non-hydrogen) atoms. The molecule has 9 nitrogen and oxygen atoms in total. The van der Waals surface area contributed by atoms with Crippen LogP contribution in [0, 0.1) is 5.82 Å². The molecule has 0 saturated carbocycles. The van der Waals surface area contributed by atoms with Crippen molar-refractivity contribution in [3.8, 4) is 5.75 Å². The van der Waals surface area contributed by atoms with Crippen molar-refractivity contribution in [3.63, 3.8) is 0 Å². The van der Waals surface area contributed by atoms with Gasteiger partial charge in [0, 0.05) is 36.8 Å². The topological polar surface area (TPSA) is 106 Å². The van der Waals surface area contributed by atoms with E-state index in [-0.39, 0.29) is 24.1 Å². The first-order valence-corrected chi connectivity index (χ1v) is 11.1. The number of likely N-dealkylation sites (N-methyl/N-ethyl adjacent to an activating group) is 1. The number of halogens is 2. The van der Waals surface area contributed by atoms with Crippen molar-refractivity contribution in [2.24, 2.45) is 0 Å². The van der Waals surface area contributed by atoms with Crippen LogP contribution in [-0.4, -0.2) is 60.6 Å². The van der Waals surface area contributed by atoms with Gasteiger partial charge in [-0.1, -0.05) is 17.7 Å². The Morgan fingerprint density at radius 1 is 1.23 bits per heavy atom. The highest BCUT2D eigenvalue weighted by Crippen LogP contribution is 2.33. The number of aromatic nitrogens is 2. The maximum atomic E-state index is 13.5. The third-order valence-electron chi connectivity index (χ3n) is 4.86. The number of carbonyl (C=O) groups excluding carboxylic acids is 2. The summed E-state index contributed by atoms with van der Waals surface area (Å²) in [6.07, 6.45) is 4.41. The maximum absolute atomic E-state index is 13.5. The van der Waals surface area contributed by atoms with Crippen molar-refractivity contribution in [1.82, 2.24) is 14.9 Å². The second-order valence-corrected chi connectivity index (χ2v) is 7.74. The highest BCUT2D eigenvalue weighted by atomic mass is 35.5. The Morgan fingerprint density at radius 2 is 2.03 bits per heavy atom. The number of anilines is 3. The zero-order valence-corrected chi connectivity index (χ0v) is 20.2. The van der Waals surface area contributed by atoms with Gasteiger partial charge in [-0.25, -0.2) is 14.4 Å². The summed E-state index contributed by atoms with van der Waals surface area (Å²) < 4.78 is 23.8. The van der Waals surface area contributed by atoms with Crippen LogP contribution in [-0.2, 0) is 14.3 Å². The van der Waals surface area contributed by atoms with E-state index in [1.165, 1.54) is 43.6 Å². The van der Waals surface area contributed by atoms with E-state index in [9.17, 15) is 14.0 Å². The molecule has 1 amide bonds. The van der Waals surface area contributed by atoms with Crippen LogP contribution >= 0.6 is 11.6 Å². The van der Waals surface area contributed by atoms with Gasteiger partial charge in [0.25, 0.3) is 0 Å². The fourth-order valence-corrected chi connectivity index (χ4v) is 3.32. The van der Waals surface area contributed by atoms with Gasteiger partial charge in [-0.05, 0) is 31.2 Å². The second-order valence-electron chi connectivity index (χ2n) is 7.33. The first-order valence-electron chi connectivity index (χ1n) is 10.7. The average Bonchev–Trinajstić information content (AvgIpc) is 2.83. The molecular weight excluding hydrogens is 477 g/mol. The zero-order chi connectivity index (χ0) is 25.4. The van der Waals surface area contributed by atoms with Crippen LogP contribution in [0.5, 0.6) is 5.75 Å². The van der Waals surface area contributed by atoms with E-state index in [4.69, 9.17) is 21.1 Å². The number of benzene rings is 2. The maximum Gasteiger partial charge on any atom is 0.325 e. The van der Waals surface area contributed by atoms with Crippen LogP contribution in [0.15, 0.2) is 48.8 Å². The molecule has 3 aromatic rings. The molecule has 0 unspecified atom stereocenters. The Labute approximate surface area is 206 Å². The number of carbonyl (C=O) groups is 2. The van der Waals surface area contributed by atoms with Crippen molar-refractivity contribution in [1.29, 1.82) is 0 Å². The van der Waals surface area contributed by atoms with E-state index < -0.39 is 11.8 Å². The van der Waals surface area contributed by atoms with Gasteiger partial charge in [-0.15, -0.1) is 0 Å². The number of rotatable bonds is 10. The zero-order valence-electron chi connectivity index (χ0n) is 19.5. The fourth-order valence-electron chi connectivity index (χ4n) is 3.14. The van der Waals surface area contributed by atoms with Crippen molar-refractivity contribution in [2.75, 3.05) is 44.5 Å². The van der Waals surface area contributed by atoms with Crippen LogP contribution in [0.1, 0.15) is 6.92 Å². The molecule has 2 aromatic carbocycles. The highest BCUT2D eigenvalue weighted by molar-refractivity contribution is 6.31. The van der Waals surface area contributed by atoms with Gasteiger partial charge < -0.3 is 25.0 Å². The Balaban J connectivity index is 1.75. The van der Waals surface area contributed by atoms with Gasteiger partial charge in [0.1, 0.15) is 30.3 Å². The van der Waals surface area contributed by atoms with Crippen LogP contribution in [0.25, 0.3) is 10.9 Å². The molecule has 11 heteroatoms. The fraction of sp³-hybridized carbons (Fsp3) is 0.250. The summed E-state index contributed by atoms with van der Waals surface area (Å²) in [6, 6.07) is 7.85. The quantitative estimate of drug-likeness (QED) is 0.315. The van der Waals surface area contributed by atoms with Crippen molar-refractivity contribution >= 4 is 51.6 Å². The minimum absolute atomic E-state index is 0.00776. The van der Waals surface area contributed by atoms with E-state index in [2.05, 4.69) is 20.6 Å². The summed E-state index contributed by atoms with van der Waals surface area (Å²) in [4.78, 5) is 33.6. The molecule has 1 aromatic heterocycles. The molecule has 0 bridgehead atoms. The molecule has 0 saturated heterocycles. The molecule has 0 fully saturated rings. The smallest absolute Gasteiger partial charge is 0.325 e. The molecule has 0 atom stereocenters. The van der Waals surface area contributed by atoms with Crippen LogP contribution in [0.4, 0.5) is 21.6 Å². The summed E-state index contributed by atoms with van der Waals surface area (Å²) in [5.74, 6) is -0.270. The molecule has 184 valence electrons. The van der Waals surface area contributed by atoms with E-state index in [1.807, 2.05) is 6.07 Å². The van der Waals surface area contributed by atoms with Gasteiger partial charge in [0.2, 0.25) is 5.91 Å². The standard InChI is InChI=1S/C24H25ClFN5O4/c1-4-35-23(33)13-31(2)22(32)6-5-9-27-20-11-16-19(12-21(20)34-3)28-14-29-24(16)30-15-7-8-18(26)17(25)10-15/h5-8,10-12,14,27H,4,9,13H2,1-3H3,(H,28,29,30). The second kappa shape index (κ2) is 12.0. The largest absolute Gasteiger partial charge is 0.495 e. The van der Waals surface area contributed by atoms with E-state index >= 15 is 0 Å². The SMILES string of the molecule is CCOC(=O)CN(C)C(=O)C=CCNc1cc2c(Nc3ccc(F)c(Cl)c3)ncnc2cc1OC. The summed E-state index contributed by atoms with van der Waals surface area (Å²) >= 11 is 5.88. The van der Waals surface area contributed by atoms with E-state index in [1.54, 1.807) is 25.1 Å². The first kappa shape index (κ1) is 25.7. The summed E-state index contributed by atoms with van der Waals surface area (Å²) in [5, 5.41) is 7.00. The Bertz CT molecular complexity index is 1250. The normalized spacial score (nSPS) is 10.9. The minimum atomic E-state index is -0.514. The number of hydrogen-bond acceptors (Lipinski definition) is 8. The number of nitrogens with one attached hydrogen (secondary N) is 2. The molecule has 1 heterocycles. The number of esters is 1. The van der Waals surface area contributed by atoms with Crippen LogP contribution in [0.2, 0.25) is 5.02 Å². The lowest BCUT2D eigenvalue weighted by atomic mass is 10.2. The van der Waals surface area contributed by atoms with Crippen molar-refractivity contribution in [2.45, 2.75) is 6.92 Å². The number of methoxy groups -OCH3 is 1. The monoisotopic (exact) mass is 501 g/mol. The lowest BCUT2D eigenvalue weighted by Crippen LogP contribution is -2.31. The third kappa shape index (κ3) is 6.80. The molecule has 0 radical (unpaired) electrons. The molecule has 0 aliphatic heterocycles. The van der Waals surface area contributed by atoms with E-state index in [0.717, 1.165) is 0 Å². The van der Waals surface area contributed by atoms with Crippen molar-refractivity contribution in [3.05, 3.63) is 59.7 Å². The van der Waals surface area contributed by atoms with Gasteiger partial charge in [0.05, 0.1) is 29.9 Å². The van der Waals surface area contributed by atoms with Gasteiger partial charge in [-0.2, -0.15) is 0 Å². The van der Waals surface area contributed by atoms with Crippen LogP contribution in [0.3, 0.4) is 0 Å². The third-order valence-corrected chi connectivity index (χ3v) is 5.15. The predicted octanol–water partition coefficient (Wildman–Crippen LogP) is 4.16. The Kier molecular flexibility index (Phi) is 8.80. The molecule has 0 aliphatic rings. The predicted molar refractivity (Wildman–Crippen MR) is 133 cm³/mol. The Morgan fingerprint density at radius 3 is 2.74 bits per heavy atom. The molecule has 0 aliphatic carbocycles. The Hall–Kier alpha value is -3.92. The van der Waals surface area contributed by atoms with Gasteiger partial charge in [0.15, 0.2) is 0 Å². The van der Waals surface area contributed by atoms with Crippen molar-refractivity contribution < 1.29 is 23.5 Å². The number of hydrogen-bond donors (Lipinski definition) is 2. The summed E-state index contributed by atoms with van der Waals surface area (Å²) in [7, 11) is 3.06. The number of ether oxygens (including phenoxy) is 2. The summed E-state index contributed by atoms with van der Waals surface area (Å²) in [6.45, 7) is 2.15.